The third kappa shape index (κ3) is 4.84. The molecule has 1 aromatic heterocycles. The largest absolute Gasteiger partial charge is 0.375 e. The lowest BCUT2D eigenvalue weighted by Crippen LogP contribution is -2.26. The van der Waals surface area contributed by atoms with Gasteiger partial charge in [-0.15, -0.1) is 11.3 Å². The standard InChI is InChI=1S/C13H14N2S.C12H13BrO/c14-13-15-12-10(7-4-8-11(12)16-13)9-5-2-1-3-6-9;13-11-8-4-7-10(12(11)14)9-5-2-1-3-6-9/h1-3,5-6,10H,4,7-8H2,(H2,14,15);1-3,5-6,10-11H,4,7-8H2. The average molecular weight is 483 g/mol. The Hall–Kier alpha value is -1.98. The average Bonchev–Trinajstić information content (AvgIpc) is 3.17. The van der Waals surface area contributed by atoms with E-state index in [0.717, 1.165) is 25.7 Å². The molecule has 3 aromatic rings. The van der Waals surface area contributed by atoms with Crippen molar-refractivity contribution in [1.82, 2.24) is 4.98 Å². The maximum atomic E-state index is 11.9. The number of anilines is 1. The van der Waals surface area contributed by atoms with Gasteiger partial charge < -0.3 is 5.73 Å². The molecule has 5 heteroatoms. The van der Waals surface area contributed by atoms with Crippen molar-refractivity contribution in [3.05, 3.63) is 82.4 Å². The molecule has 1 heterocycles. The summed E-state index contributed by atoms with van der Waals surface area (Å²) < 4.78 is 0. The van der Waals surface area contributed by atoms with Crippen molar-refractivity contribution < 1.29 is 4.79 Å². The number of nitrogens with zero attached hydrogens (tertiary/aromatic N) is 1. The van der Waals surface area contributed by atoms with Gasteiger partial charge in [0, 0.05) is 16.7 Å². The van der Waals surface area contributed by atoms with Crippen LogP contribution >= 0.6 is 27.3 Å². The molecule has 0 saturated heterocycles. The monoisotopic (exact) mass is 482 g/mol. The van der Waals surface area contributed by atoms with Crippen LogP contribution in [-0.4, -0.2) is 15.6 Å². The lowest BCUT2D eigenvalue weighted by atomic mass is 9.83. The summed E-state index contributed by atoms with van der Waals surface area (Å²) in [6, 6.07) is 20.7. The molecule has 1 fully saturated rings. The maximum absolute atomic E-state index is 11.9. The molecule has 3 nitrogen and oxygen atoms in total. The van der Waals surface area contributed by atoms with E-state index in [1.807, 2.05) is 30.3 Å². The minimum atomic E-state index is 0.0708. The van der Waals surface area contributed by atoms with Gasteiger partial charge in [0.15, 0.2) is 10.9 Å². The van der Waals surface area contributed by atoms with E-state index in [0.29, 0.717) is 16.8 Å². The van der Waals surface area contributed by atoms with E-state index in [1.54, 1.807) is 11.3 Å². The Kier molecular flexibility index (Phi) is 7.00. The minimum Gasteiger partial charge on any atom is -0.375 e. The predicted octanol–water partition coefficient (Wildman–Crippen LogP) is 6.48. The van der Waals surface area contributed by atoms with Gasteiger partial charge in [-0.3, -0.25) is 4.79 Å². The number of nitrogens with two attached hydrogens (primary N) is 1. The Bertz CT molecular complexity index is 973. The van der Waals surface area contributed by atoms with E-state index in [1.165, 1.54) is 34.5 Å². The smallest absolute Gasteiger partial charge is 0.180 e. The summed E-state index contributed by atoms with van der Waals surface area (Å²) >= 11 is 5.10. The summed E-state index contributed by atoms with van der Waals surface area (Å²) in [6.07, 6.45) is 6.72. The fourth-order valence-corrected chi connectivity index (χ4v) is 6.05. The number of Topliss-reactive ketones (excluding diaryl/α,β-unsaturated/α-hetero) is 1. The Morgan fingerprint density at radius 1 is 0.867 bits per heavy atom. The van der Waals surface area contributed by atoms with Crippen LogP contribution in [0.4, 0.5) is 5.13 Å². The number of hydrogen-bond acceptors (Lipinski definition) is 4. The molecular formula is C25H27BrN2OS. The predicted molar refractivity (Wildman–Crippen MR) is 129 cm³/mol. The van der Waals surface area contributed by atoms with Gasteiger partial charge in [0.05, 0.1) is 10.5 Å². The number of aryl methyl sites for hydroxylation is 1. The number of carbonyl (C=O) groups is 1. The summed E-state index contributed by atoms with van der Waals surface area (Å²) in [4.78, 5) is 17.8. The third-order valence-corrected chi connectivity index (χ3v) is 7.85. The number of halogens is 1. The van der Waals surface area contributed by atoms with E-state index in [9.17, 15) is 4.79 Å². The van der Waals surface area contributed by atoms with Crippen LogP contribution in [0, 0.1) is 0 Å². The number of aromatic nitrogens is 1. The molecule has 0 amide bonds. The fraction of sp³-hybridized carbons (Fsp3) is 0.360. The molecule has 0 radical (unpaired) electrons. The van der Waals surface area contributed by atoms with Crippen molar-refractivity contribution in [2.45, 2.75) is 55.2 Å². The highest BCUT2D eigenvalue weighted by Crippen LogP contribution is 2.39. The molecule has 3 atom stereocenters. The Morgan fingerprint density at radius 2 is 1.47 bits per heavy atom. The Balaban J connectivity index is 0.000000147. The van der Waals surface area contributed by atoms with E-state index in [2.05, 4.69) is 51.2 Å². The molecule has 2 aliphatic carbocycles. The van der Waals surface area contributed by atoms with E-state index in [4.69, 9.17) is 5.73 Å². The molecule has 5 rings (SSSR count). The highest BCUT2D eigenvalue weighted by molar-refractivity contribution is 9.10. The van der Waals surface area contributed by atoms with Gasteiger partial charge in [0.2, 0.25) is 0 Å². The number of benzene rings is 2. The summed E-state index contributed by atoms with van der Waals surface area (Å²) in [5.74, 6) is 0.926. The van der Waals surface area contributed by atoms with Gasteiger partial charge in [-0.1, -0.05) is 83.0 Å². The van der Waals surface area contributed by atoms with Gasteiger partial charge in [0.25, 0.3) is 0 Å². The first-order chi connectivity index (χ1) is 14.6. The lowest BCUT2D eigenvalue weighted by molar-refractivity contribution is -0.121. The normalized spacial score (nSPS) is 23.2. The number of ketones is 1. The highest BCUT2D eigenvalue weighted by Gasteiger charge is 2.30. The summed E-state index contributed by atoms with van der Waals surface area (Å²) in [7, 11) is 0. The molecule has 0 spiro atoms. The number of hydrogen-bond donors (Lipinski definition) is 1. The van der Waals surface area contributed by atoms with E-state index < -0.39 is 0 Å². The molecule has 2 aliphatic rings. The Morgan fingerprint density at radius 3 is 2.13 bits per heavy atom. The summed E-state index contributed by atoms with van der Waals surface area (Å²) in [5.41, 5.74) is 9.57. The number of thiazole rings is 1. The van der Waals surface area contributed by atoms with Crippen molar-refractivity contribution in [2.24, 2.45) is 0 Å². The van der Waals surface area contributed by atoms with Crippen LogP contribution in [-0.2, 0) is 11.2 Å². The summed E-state index contributed by atoms with van der Waals surface area (Å²) in [6.45, 7) is 0. The van der Waals surface area contributed by atoms with Gasteiger partial charge in [-0.25, -0.2) is 4.98 Å². The van der Waals surface area contributed by atoms with Crippen LogP contribution in [0.15, 0.2) is 60.7 Å². The summed E-state index contributed by atoms with van der Waals surface area (Å²) in [5, 5.41) is 0.716. The van der Waals surface area contributed by atoms with E-state index >= 15 is 0 Å². The lowest BCUT2D eigenvalue weighted by Gasteiger charge is -2.24. The third-order valence-electron chi connectivity index (χ3n) is 5.98. The molecular weight excluding hydrogens is 456 g/mol. The second-order valence-corrected chi connectivity index (χ2v) is 10.2. The zero-order valence-corrected chi connectivity index (χ0v) is 19.4. The zero-order chi connectivity index (χ0) is 20.9. The van der Waals surface area contributed by atoms with Crippen LogP contribution in [0.1, 0.15) is 65.6 Å². The number of carbonyl (C=O) groups excluding carboxylic acids is 1. The molecule has 3 unspecified atom stereocenters. The second-order valence-electron chi connectivity index (χ2n) is 7.98. The van der Waals surface area contributed by atoms with Gasteiger partial charge >= 0.3 is 0 Å². The molecule has 156 valence electrons. The molecule has 0 aliphatic heterocycles. The highest BCUT2D eigenvalue weighted by atomic mass is 79.9. The first-order valence-electron chi connectivity index (χ1n) is 10.7. The molecule has 2 N–H and O–H groups in total. The number of nitrogen functional groups attached to an aromatic ring is 1. The topological polar surface area (TPSA) is 56.0 Å². The van der Waals surface area contributed by atoms with Crippen LogP contribution in [0.25, 0.3) is 0 Å². The minimum absolute atomic E-state index is 0.0708. The first-order valence-corrected chi connectivity index (χ1v) is 12.4. The van der Waals surface area contributed by atoms with Crippen LogP contribution in [0.5, 0.6) is 0 Å². The SMILES string of the molecule is Nc1nc2c(s1)CCCC2c1ccccc1.O=C1C(Br)CCCC1c1ccccc1. The van der Waals surface area contributed by atoms with Gasteiger partial charge in [0.1, 0.15) is 0 Å². The molecule has 0 bridgehead atoms. The quantitative estimate of drug-likeness (QED) is 0.425. The zero-order valence-electron chi connectivity index (χ0n) is 17.0. The van der Waals surface area contributed by atoms with Crippen molar-refractivity contribution in [2.75, 3.05) is 5.73 Å². The van der Waals surface area contributed by atoms with Crippen molar-refractivity contribution >= 4 is 38.2 Å². The molecule has 30 heavy (non-hydrogen) atoms. The van der Waals surface area contributed by atoms with Gasteiger partial charge in [-0.05, 0) is 43.2 Å². The van der Waals surface area contributed by atoms with Gasteiger partial charge in [-0.2, -0.15) is 0 Å². The molecule has 1 saturated carbocycles. The first kappa shape index (κ1) is 21.3. The van der Waals surface area contributed by atoms with Crippen LogP contribution < -0.4 is 5.73 Å². The molecule has 2 aromatic carbocycles. The van der Waals surface area contributed by atoms with Crippen molar-refractivity contribution in [3.63, 3.8) is 0 Å². The van der Waals surface area contributed by atoms with Crippen molar-refractivity contribution in [3.8, 4) is 0 Å². The van der Waals surface area contributed by atoms with Crippen LogP contribution in [0.2, 0.25) is 0 Å². The number of fused-ring (bicyclic) bond motifs is 1. The van der Waals surface area contributed by atoms with Crippen molar-refractivity contribution in [1.29, 1.82) is 0 Å². The van der Waals surface area contributed by atoms with E-state index in [-0.39, 0.29) is 10.7 Å². The second kappa shape index (κ2) is 9.88. The Labute approximate surface area is 190 Å². The van der Waals surface area contributed by atoms with Crippen LogP contribution in [0.3, 0.4) is 0 Å². The number of alkyl halides is 1. The maximum Gasteiger partial charge on any atom is 0.180 e. The number of rotatable bonds is 2. The fourth-order valence-electron chi connectivity index (χ4n) is 4.47.